The number of hydrogen-bond acceptors (Lipinski definition) is 3. The number of carboxylic acid groups (broad SMARTS) is 1. The molecule has 0 amide bonds. The van der Waals surface area contributed by atoms with Gasteiger partial charge in [-0.15, -0.1) is 0 Å². The molecule has 0 saturated heterocycles. The Balaban J connectivity index is 2.18. The number of nitrogens with one attached hydrogen (secondary N) is 1. The lowest BCUT2D eigenvalue weighted by atomic mass is 10.1. The number of aromatic carboxylic acids is 1. The van der Waals surface area contributed by atoms with E-state index in [9.17, 15) is 4.79 Å². The summed E-state index contributed by atoms with van der Waals surface area (Å²) in [5, 5.41) is 12.8. The first-order valence-corrected chi connectivity index (χ1v) is 6.21. The summed E-state index contributed by atoms with van der Waals surface area (Å²) in [7, 11) is 0. The first kappa shape index (κ1) is 13.5. The normalized spacial score (nSPS) is 12.2. The smallest absolute Gasteiger partial charge is 0.371 e. The van der Waals surface area contributed by atoms with Crippen LogP contribution < -0.4 is 5.32 Å². The number of benzene rings is 1. The van der Waals surface area contributed by atoms with Crippen LogP contribution in [0.2, 0.25) is 5.02 Å². The third kappa shape index (κ3) is 2.90. The molecule has 1 heterocycles. The van der Waals surface area contributed by atoms with E-state index in [1.54, 1.807) is 6.07 Å². The molecule has 2 rings (SSSR count). The van der Waals surface area contributed by atoms with Crippen molar-refractivity contribution in [1.82, 2.24) is 0 Å². The summed E-state index contributed by atoms with van der Waals surface area (Å²) in [6, 6.07) is 8.54. The third-order valence-electron chi connectivity index (χ3n) is 2.90. The molecule has 0 bridgehead atoms. The van der Waals surface area contributed by atoms with Gasteiger partial charge in [0.15, 0.2) is 0 Å². The highest BCUT2D eigenvalue weighted by atomic mass is 35.5. The van der Waals surface area contributed by atoms with E-state index in [1.807, 2.05) is 32.0 Å². The van der Waals surface area contributed by atoms with Gasteiger partial charge >= 0.3 is 5.97 Å². The summed E-state index contributed by atoms with van der Waals surface area (Å²) in [5.41, 5.74) is 1.84. The second kappa shape index (κ2) is 5.36. The van der Waals surface area contributed by atoms with Crippen LogP contribution in [0.25, 0.3) is 0 Å². The lowest BCUT2D eigenvalue weighted by Gasteiger charge is -2.15. The van der Waals surface area contributed by atoms with Crippen LogP contribution >= 0.6 is 11.6 Å². The van der Waals surface area contributed by atoms with E-state index in [-0.39, 0.29) is 11.8 Å². The monoisotopic (exact) mass is 279 g/mol. The van der Waals surface area contributed by atoms with Gasteiger partial charge in [0.2, 0.25) is 5.76 Å². The molecule has 0 aliphatic rings. The number of rotatable bonds is 4. The van der Waals surface area contributed by atoms with E-state index >= 15 is 0 Å². The van der Waals surface area contributed by atoms with Crippen LogP contribution in [0.4, 0.5) is 5.69 Å². The van der Waals surface area contributed by atoms with Crippen molar-refractivity contribution in [3.8, 4) is 0 Å². The van der Waals surface area contributed by atoms with Crippen molar-refractivity contribution in [3.63, 3.8) is 0 Å². The highest BCUT2D eigenvalue weighted by Crippen LogP contribution is 2.27. The standard InChI is InChI=1S/C14H14ClNO3/c1-8-10(15)4-3-5-11(8)16-9(2)12-6-7-13(19-12)14(17)18/h3-7,9,16H,1-2H3,(H,17,18). The predicted molar refractivity (Wildman–Crippen MR) is 73.9 cm³/mol. The average molecular weight is 280 g/mol. The minimum atomic E-state index is -1.07. The Morgan fingerprint density at radius 3 is 2.74 bits per heavy atom. The van der Waals surface area contributed by atoms with E-state index in [4.69, 9.17) is 21.1 Å². The van der Waals surface area contributed by atoms with Crippen molar-refractivity contribution in [3.05, 3.63) is 52.4 Å². The second-order valence-corrected chi connectivity index (χ2v) is 4.69. The minimum Gasteiger partial charge on any atom is -0.475 e. The van der Waals surface area contributed by atoms with Crippen LogP contribution in [0.3, 0.4) is 0 Å². The summed E-state index contributed by atoms with van der Waals surface area (Å²) in [5.74, 6) is -0.569. The van der Waals surface area contributed by atoms with Gasteiger partial charge in [-0.05, 0) is 43.7 Å². The first-order chi connectivity index (χ1) is 8.99. The van der Waals surface area contributed by atoms with Gasteiger partial charge in [0, 0.05) is 10.7 Å². The van der Waals surface area contributed by atoms with Crippen molar-refractivity contribution in [2.45, 2.75) is 19.9 Å². The maximum Gasteiger partial charge on any atom is 0.371 e. The van der Waals surface area contributed by atoms with Crippen LogP contribution in [0.1, 0.15) is 34.8 Å². The van der Waals surface area contributed by atoms with Crippen molar-refractivity contribution >= 4 is 23.3 Å². The van der Waals surface area contributed by atoms with E-state index in [2.05, 4.69) is 5.32 Å². The summed E-state index contributed by atoms with van der Waals surface area (Å²) in [6.07, 6.45) is 0. The van der Waals surface area contributed by atoms with Crippen molar-refractivity contribution in [2.75, 3.05) is 5.32 Å². The summed E-state index contributed by atoms with van der Waals surface area (Å²) in [4.78, 5) is 10.8. The van der Waals surface area contributed by atoms with Gasteiger partial charge < -0.3 is 14.8 Å². The number of hydrogen-bond donors (Lipinski definition) is 2. The van der Waals surface area contributed by atoms with Crippen LogP contribution in [-0.4, -0.2) is 11.1 Å². The Morgan fingerprint density at radius 2 is 2.11 bits per heavy atom. The molecule has 0 radical (unpaired) electrons. The topological polar surface area (TPSA) is 62.5 Å². The zero-order chi connectivity index (χ0) is 14.0. The highest BCUT2D eigenvalue weighted by Gasteiger charge is 2.15. The Kier molecular flexibility index (Phi) is 3.81. The maximum absolute atomic E-state index is 10.8. The zero-order valence-corrected chi connectivity index (χ0v) is 11.4. The maximum atomic E-state index is 10.8. The molecule has 19 heavy (non-hydrogen) atoms. The van der Waals surface area contributed by atoms with E-state index in [1.165, 1.54) is 6.07 Å². The molecule has 0 saturated carbocycles. The van der Waals surface area contributed by atoms with Crippen LogP contribution in [0.15, 0.2) is 34.7 Å². The number of anilines is 1. The third-order valence-corrected chi connectivity index (χ3v) is 3.31. The van der Waals surface area contributed by atoms with Gasteiger partial charge in [0.05, 0.1) is 6.04 Å². The van der Waals surface area contributed by atoms with E-state index in [0.717, 1.165) is 11.3 Å². The van der Waals surface area contributed by atoms with Gasteiger partial charge in [-0.1, -0.05) is 17.7 Å². The van der Waals surface area contributed by atoms with Gasteiger partial charge in [-0.2, -0.15) is 0 Å². The molecule has 1 atom stereocenters. The molecular weight excluding hydrogens is 266 g/mol. The molecule has 2 N–H and O–H groups in total. The summed E-state index contributed by atoms with van der Waals surface area (Å²) < 4.78 is 5.25. The highest BCUT2D eigenvalue weighted by molar-refractivity contribution is 6.31. The Morgan fingerprint density at radius 1 is 1.37 bits per heavy atom. The number of carbonyl (C=O) groups is 1. The van der Waals surface area contributed by atoms with Crippen molar-refractivity contribution in [2.24, 2.45) is 0 Å². The van der Waals surface area contributed by atoms with Crippen LogP contribution in [0, 0.1) is 6.92 Å². The Bertz CT molecular complexity index is 606. The molecular formula is C14H14ClNO3. The number of furan rings is 1. The summed E-state index contributed by atoms with van der Waals surface area (Å²) in [6.45, 7) is 3.81. The SMILES string of the molecule is Cc1c(Cl)cccc1NC(C)c1ccc(C(=O)O)o1. The Labute approximate surface area is 116 Å². The molecule has 2 aromatic rings. The molecule has 1 aromatic heterocycles. The van der Waals surface area contributed by atoms with Crippen molar-refractivity contribution in [1.29, 1.82) is 0 Å². The first-order valence-electron chi connectivity index (χ1n) is 5.83. The molecule has 5 heteroatoms. The predicted octanol–water partition coefficient (Wildman–Crippen LogP) is 4.11. The Hall–Kier alpha value is -1.94. The van der Waals surface area contributed by atoms with Gasteiger partial charge in [0.25, 0.3) is 0 Å². The van der Waals surface area contributed by atoms with Gasteiger partial charge in [-0.25, -0.2) is 4.79 Å². The fourth-order valence-electron chi connectivity index (χ4n) is 1.77. The molecule has 1 unspecified atom stereocenters. The van der Waals surface area contributed by atoms with Gasteiger partial charge in [-0.3, -0.25) is 0 Å². The quantitative estimate of drug-likeness (QED) is 0.884. The lowest BCUT2D eigenvalue weighted by Crippen LogP contribution is -2.07. The molecule has 0 spiro atoms. The fourth-order valence-corrected chi connectivity index (χ4v) is 1.94. The second-order valence-electron chi connectivity index (χ2n) is 4.29. The molecule has 4 nitrogen and oxygen atoms in total. The van der Waals surface area contributed by atoms with Gasteiger partial charge in [0.1, 0.15) is 5.76 Å². The zero-order valence-electron chi connectivity index (χ0n) is 10.6. The molecule has 0 aliphatic carbocycles. The molecule has 100 valence electrons. The summed E-state index contributed by atoms with van der Waals surface area (Å²) >= 11 is 6.05. The molecule has 0 fully saturated rings. The minimum absolute atomic E-state index is 0.0635. The van der Waals surface area contributed by atoms with E-state index < -0.39 is 5.97 Å². The number of halogens is 1. The van der Waals surface area contributed by atoms with Crippen LogP contribution in [0.5, 0.6) is 0 Å². The molecule has 0 aliphatic heterocycles. The van der Waals surface area contributed by atoms with E-state index in [0.29, 0.717) is 10.8 Å². The lowest BCUT2D eigenvalue weighted by molar-refractivity contribution is 0.0660. The largest absolute Gasteiger partial charge is 0.475 e. The van der Waals surface area contributed by atoms with Crippen molar-refractivity contribution < 1.29 is 14.3 Å². The fraction of sp³-hybridized carbons (Fsp3) is 0.214. The number of carboxylic acids is 1. The van der Waals surface area contributed by atoms with Crippen LogP contribution in [-0.2, 0) is 0 Å². The average Bonchev–Trinajstić information content (AvgIpc) is 2.84. The molecule has 1 aromatic carbocycles.